The minimum Gasteiger partial charge on any atom is -0.353 e. The van der Waals surface area contributed by atoms with Gasteiger partial charge in [0.1, 0.15) is 11.5 Å². The third kappa shape index (κ3) is 3.88. The second kappa shape index (κ2) is 8.88. The van der Waals surface area contributed by atoms with Crippen LogP contribution in [0.2, 0.25) is 0 Å². The van der Waals surface area contributed by atoms with Crippen LogP contribution in [0.15, 0.2) is 73.3 Å². The minimum absolute atomic E-state index is 0.0432. The summed E-state index contributed by atoms with van der Waals surface area (Å²) in [6.45, 7) is 0. The molecule has 3 N–H and O–H groups in total. The molecule has 5 heterocycles. The smallest absolute Gasteiger partial charge is 0.227 e. The lowest BCUT2D eigenvalue weighted by Crippen LogP contribution is -2.28. The monoisotopic (exact) mass is 503 g/mol. The largest absolute Gasteiger partial charge is 0.353 e. The van der Waals surface area contributed by atoms with Crippen LogP contribution in [0.3, 0.4) is 0 Å². The average Bonchev–Trinajstić information content (AvgIpc) is 3.51. The highest BCUT2D eigenvalue weighted by atomic mass is 19.1. The van der Waals surface area contributed by atoms with E-state index in [2.05, 4.69) is 35.5 Å². The first kappa shape index (κ1) is 22.3. The third-order valence-corrected chi connectivity index (χ3v) is 7.13. The number of aromatic nitrogens is 6. The first-order valence-electron chi connectivity index (χ1n) is 12.5. The molecule has 7 rings (SSSR count). The minimum atomic E-state index is -0.309. The molecule has 1 fully saturated rings. The summed E-state index contributed by atoms with van der Waals surface area (Å²) in [4.78, 5) is 29.3. The standard InChI is InChI=1S/C29H22FN7O/c30-19-6-2-5-17(9-19)27-21-12-25(35-23(21)7-8-32-27)28-22-11-24(33-15-26(22)36-37-28)18-10-20(14-31-13-18)34-29(38)16-3-1-4-16/h2,5-16,35H,1,3-4H2,(H,34,38)(H,36,37). The van der Waals surface area contributed by atoms with Gasteiger partial charge >= 0.3 is 0 Å². The van der Waals surface area contributed by atoms with Gasteiger partial charge in [-0.15, -0.1) is 0 Å². The highest BCUT2D eigenvalue weighted by Gasteiger charge is 2.25. The lowest BCUT2D eigenvalue weighted by molar-refractivity contribution is -0.122. The van der Waals surface area contributed by atoms with Crippen molar-refractivity contribution in [3.8, 4) is 33.9 Å². The first-order chi connectivity index (χ1) is 18.6. The average molecular weight is 504 g/mol. The van der Waals surface area contributed by atoms with Crippen LogP contribution in [0.25, 0.3) is 55.7 Å². The van der Waals surface area contributed by atoms with Crippen molar-refractivity contribution in [1.82, 2.24) is 30.1 Å². The van der Waals surface area contributed by atoms with Crippen molar-refractivity contribution < 1.29 is 9.18 Å². The number of nitrogens with one attached hydrogen (secondary N) is 3. The van der Waals surface area contributed by atoms with Crippen molar-refractivity contribution in [3.05, 3.63) is 79.1 Å². The van der Waals surface area contributed by atoms with Crippen molar-refractivity contribution in [3.63, 3.8) is 0 Å². The van der Waals surface area contributed by atoms with Gasteiger partial charge in [-0.2, -0.15) is 5.10 Å². The number of rotatable bonds is 5. The predicted molar refractivity (Wildman–Crippen MR) is 144 cm³/mol. The maximum atomic E-state index is 13.9. The quantitative estimate of drug-likeness (QED) is 0.263. The molecule has 1 saturated carbocycles. The third-order valence-electron chi connectivity index (χ3n) is 7.13. The van der Waals surface area contributed by atoms with Gasteiger partial charge < -0.3 is 10.3 Å². The maximum absolute atomic E-state index is 13.9. The molecule has 1 amide bonds. The number of H-pyrrole nitrogens is 2. The van der Waals surface area contributed by atoms with E-state index in [-0.39, 0.29) is 17.6 Å². The van der Waals surface area contributed by atoms with Crippen molar-refractivity contribution in [1.29, 1.82) is 0 Å². The molecule has 0 radical (unpaired) electrons. The van der Waals surface area contributed by atoms with Gasteiger partial charge in [0.25, 0.3) is 0 Å². The number of amides is 1. The zero-order chi connectivity index (χ0) is 25.6. The Bertz CT molecular complexity index is 1840. The van der Waals surface area contributed by atoms with Gasteiger partial charge in [0, 0.05) is 45.7 Å². The molecule has 5 aromatic heterocycles. The highest BCUT2D eigenvalue weighted by Crippen LogP contribution is 2.34. The maximum Gasteiger partial charge on any atom is 0.227 e. The van der Waals surface area contributed by atoms with Crippen LogP contribution in [-0.4, -0.2) is 36.0 Å². The number of benzene rings is 1. The summed E-state index contributed by atoms with van der Waals surface area (Å²) in [5, 5.41) is 12.3. The SMILES string of the molecule is O=C(Nc1cncc(-c2cc3c(-c4cc5c(-c6cccc(F)c6)nccc5[nH]4)n[nH]c3cn2)c1)C1CCC1. The van der Waals surface area contributed by atoms with Crippen LogP contribution in [0.5, 0.6) is 0 Å². The Morgan fingerprint density at radius 3 is 2.66 bits per heavy atom. The molecule has 1 aliphatic rings. The normalized spacial score (nSPS) is 13.6. The van der Waals surface area contributed by atoms with E-state index in [0.29, 0.717) is 22.6 Å². The fourth-order valence-electron chi connectivity index (χ4n) is 4.89. The van der Waals surface area contributed by atoms with E-state index < -0.39 is 0 Å². The van der Waals surface area contributed by atoms with E-state index in [1.165, 1.54) is 12.1 Å². The Morgan fingerprint density at radius 2 is 1.82 bits per heavy atom. The molecule has 6 aromatic rings. The molecule has 1 aliphatic carbocycles. The van der Waals surface area contributed by atoms with Crippen molar-refractivity contribution in [2.24, 2.45) is 5.92 Å². The summed E-state index contributed by atoms with van der Waals surface area (Å²) < 4.78 is 13.9. The molecule has 0 aliphatic heterocycles. The number of carbonyl (C=O) groups is 1. The zero-order valence-electron chi connectivity index (χ0n) is 20.2. The zero-order valence-corrected chi connectivity index (χ0v) is 20.2. The van der Waals surface area contributed by atoms with Crippen LogP contribution in [0.1, 0.15) is 19.3 Å². The van der Waals surface area contributed by atoms with Gasteiger partial charge in [0.15, 0.2) is 0 Å². The molecule has 8 nitrogen and oxygen atoms in total. The number of hydrogen-bond acceptors (Lipinski definition) is 5. The van der Waals surface area contributed by atoms with Crippen LogP contribution in [0.4, 0.5) is 10.1 Å². The number of anilines is 1. The fourth-order valence-corrected chi connectivity index (χ4v) is 4.89. The number of nitrogens with zero attached hydrogens (tertiary/aromatic N) is 4. The van der Waals surface area contributed by atoms with Gasteiger partial charge in [-0.05, 0) is 49.2 Å². The molecule has 1 aromatic carbocycles. The van der Waals surface area contributed by atoms with Crippen molar-refractivity contribution in [2.45, 2.75) is 19.3 Å². The van der Waals surface area contributed by atoms with E-state index in [4.69, 9.17) is 0 Å². The summed E-state index contributed by atoms with van der Waals surface area (Å²) in [7, 11) is 0. The lowest BCUT2D eigenvalue weighted by atomic mass is 9.85. The Morgan fingerprint density at radius 1 is 0.921 bits per heavy atom. The van der Waals surface area contributed by atoms with Gasteiger partial charge in [-0.1, -0.05) is 18.6 Å². The van der Waals surface area contributed by atoms with Crippen LogP contribution >= 0.6 is 0 Å². The molecule has 9 heteroatoms. The molecule has 0 unspecified atom stereocenters. The van der Waals surface area contributed by atoms with E-state index >= 15 is 0 Å². The number of carbonyl (C=O) groups excluding carboxylic acids is 1. The second-order valence-corrected chi connectivity index (χ2v) is 9.58. The van der Waals surface area contributed by atoms with Crippen molar-refractivity contribution >= 4 is 33.4 Å². The van der Waals surface area contributed by atoms with Crippen LogP contribution in [-0.2, 0) is 4.79 Å². The highest BCUT2D eigenvalue weighted by molar-refractivity contribution is 6.00. The van der Waals surface area contributed by atoms with Gasteiger partial charge in [0.05, 0.1) is 40.7 Å². The number of halogens is 1. The number of aromatic amines is 2. The molecule has 0 saturated heterocycles. The topological polar surface area (TPSA) is 112 Å². The summed E-state index contributed by atoms with van der Waals surface area (Å²) in [5.74, 6) is -0.173. The van der Waals surface area contributed by atoms with E-state index in [0.717, 1.165) is 58.0 Å². The molecule has 0 spiro atoms. The molecule has 0 bridgehead atoms. The number of pyridine rings is 3. The summed E-state index contributed by atoms with van der Waals surface area (Å²) >= 11 is 0. The Balaban J connectivity index is 1.26. The van der Waals surface area contributed by atoms with E-state index in [1.807, 2.05) is 30.3 Å². The Hall–Kier alpha value is -4.92. The van der Waals surface area contributed by atoms with Gasteiger partial charge in [-0.3, -0.25) is 24.8 Å². The fraction of sp³-hybridized carbons (Fsp3) is 0.138. The first-order valence-corrected chi connectivity index (χ1v) is 12.5. The molecule has 38 heavy (non-hydrogen) atoms. The summed E-state index contributed by atoms with van der Waals surface area (Å²) in [6.07, 6.45) is 9.80. The molecule has 0 atom stereocenters. The van der Waals surface area contributed by atoms with Crippen LogP contribution in [0, 0.1) is 11.7 Å². The van der Waals surface area contributed by atoms with Gasteiger partial charge in [-0.25, -0.2) is 4.39 Å². The lowest BCUT2D eigenvalue weighted by Gasteiger charge is -2.24. The molecular formula is C29H22FN7O. The van der Waals surface area contributed by atoms with E-state index in [9.17, 15) is 9.18 Å². The predicted octanol–water partition coefficient (Wildman–Crippen LogP) is 6.11. The van der Waals surface area contributed by atoms with Gasteiger partial charge in [0.2, 0.25) is 5.91 Å². The Kier molecular flexibility index (Phi) is 5.21. The Labute approximate surface area is 216 Å². The number of fused-ring (bicyclic) bond motifs is 2. The summed E-state index contributed by atoms with van der Waals surface area (Å²) in [5.41, 5.74) is 6.75. The number of hydrogen-bond donors (Lipinski definition) is 3. The molecule has 186 valence electrons. The van der Waals surface area contributed by atoms with Crippen molar-refractivity contribution in [2.75, 3.05) is 5.32 Å². The second-order valence-electron chi connectivity index (χ2n) is 9.58. The molecular weight excluding hydrogens is 481 g/mol. The van der Waals surface area contributed by atoms with Crippen LogP contribution < -0.4 is 5.32 Å². The summed E-state index contributed by atoms with van der Waals surface area (Å²) in [6, 6.07) is 14.1. The van der Waals surface area contributed by atoms with E-state index in [1.54, 1.807) is 30.9 Å².